The molecule has 0 saturated carbocycles. The van der Waals surface area contributed by atoms with Gasteiger partial charge in [0.15, 0.2) is 11.5 Å². The lowest BCUT2D eigenvalue weighted by Gasteiger charge is -2.10. The number of ether oxygens (including phenoxy) is 5. The summed E-state index contributed by atoms with van der Waals surface area (Å²) in [6.45, 7) is 0. The third kappa shape index (κ3) is 4.59. The zero-order valence-electron chi connectivity index (χ0n) is 18.1. The molecule has 0 unspecified atom stereocenters. The largest absolute Gasteiger partial charge is 0.497 e. The summed E-state index contributed by atoms with van der Waals surface area (Å²) in [5.41, 5.74) is 0.103. The second-order valence-corrected chi connectivity index (χ2v) is 6.83. The van der Waals surface area contributed by atoms with Crippen LogP contribution in [0.15, 0.2) is 76.1 Å². The molecule has 4 rings (SSSR count). The molecule has 0 saturated heterocycles. The van der Waals surface area contributed by atoms with Crippen LogP contribution in [0.25, 0.3) is 11.0 Å². The van der Waals surface area contributed by atoms with Gasteiger partial charge < -0.3 is 28.1 Å². The molecule has 33 heavy (non-hydrogen) atoms. The van der Waals surface area contributed by atoms with Gasteiger partial charge in [-0.2, -0.15) is 0 Å². The first-order valence-corrected chi connectivity index (χ1v) is 9.84. The molecule has 0 spiro atoms. The Morgan fingerprint density at radius 1 is 0.758 bits per heavy atom. The van der Waals surface area contributed by atoms with Gasteiger partial charge in [0.2, 0.25) is 11.2 Å². The second-order valence-electron chi connectivity index (χ2n) is 6.83. The molecule has 0 N–H and O–H groups in total. The van der Waals surface area contributed by atoms with Crippen LogP contribution in [0.4, 0.5) is 0 Å². The fraction of sp³-hybridized carbons (Fsp3) is 0.120. The van der Waals surface area contributed by atoms with Gasteiger partial charge >= 0.3 is 5.97 Å². The quantitative estimate of drug-likeness (QED) is 0.293. The van der Waals surface area contributed by atoms with Crippen molar-refractivity contribution in [2.75, 3.05) is 21.3 Å². The average molecular weight is 448 g/mol. The van der Waals surface area contributed by atoms with E-state index >= 15 is 0 Å². The first-order chi connectivity index (χ1) is 16.0. The van der Waals surface area contributed by atoms with Gasteiger partial charge in [0.05, 0.1) is 32.3 Å². The van der Waals surface area contributed by atoms with E-state index in [1.165, 1.54) is 57.9 Å². The van der Waals surface area contributed by atoms with Crippen molar-refractivity contribution >= 4 is 16.9 Å². The number of esters is 1. The molecular formula is C25H20O8. The minimum absolute atomic E-state index is 0.000204. The highest BCUT2D eigenvalue weighted by atomic mass is 16.5. The van der Waals surface area contributed by atoms with Crippen LogP contribution in [0.1, 0.15) is 10.4 Å². The Morgan fingerprint density at radius 3 is 2.12 bits per heavy atom. The van der Waals surface area contributed by atoms with Gasteiger partial charge in [0.25, 0.3) is 0 Å². The number of hydrogen-bond donors (Lipinski definition) is 0. The lowest BCUT2D eigenvalue weighted by atomic mass is 10.2. The highest BCUT2D eigenvalue weighted by Crippen LogP contribution is 2.31. The van der Waals surface area contributed by atoms with E-state index in [1.54, 1.807) is 30.3 Å². The first-order valence-electron chi connectivity index (χ1n) is 9.84. The molecule has 0 aliphatic rings. The predicted molar refractivity (Wildman–Crippen MR) is 120 cm³/mol. The minimum Gasteiger partial charge on any atom is -0.497 e. The molecule has 0 radical (unpaired) electrons. The number of carbonyl (C=O) groups excluding carboxylic acids is 1. The lowest BCUT2D eigenvalue weighted by molar-refractivity contribution is 0.0734. The SMILES string of the molecule is COc1cc(OC)cc(C(=O)Oc2ccc3c(=O)c(Oc4ccccc4OC)coc3c2)c1. The highest BCUT2D eigenvalue weighted by Gasteiger charge is 2.15. The number of hydrogen-bond acceptors (Lipinski definition) is 8. The van der Waals surface area contributed by atoms with E-state index in [9.17, 15) is 9.59 Å². The van der Waals surface area contributed by atoms with Crippen LogP contribution in [0, 0.1) is 0 Å². The number of rotatable bonds is 7. The molecule has 8 nitrogen and oxygen atoms in total. The zero-order valence-corrected chi connectivity index (χ0v) is 18.1. The predicted octanol–water partition coefficient (Wildman–Crippen LogP) is 4.83. The van der Waals surface area contributed by atoms with Crippen molar-refractivity contribution in [1.82, 2.24) is 0 Å². The van der Waals surface area contributed by atoms with Crippen molar-refractivity contribution in [2.24, 2.45) is 0 Å². The van der Waals surface area contributed by atoms with Crippen molar-refractivity contribution in [3.05, 3.63) is 82.7 Å². The Bertz CT molecular complexity index is 1350. The number of fused-ring (bicyclic) bond motifs is 1. The Morgan fingerprint density at radius 2 is 1.45 bits per heavy atom. The Kier molecular flexibility index (Phi) is 6.17. The van der Waals surface area contributed by atoms with Gasteiger partial charge in [-0.15, -0.1) is 0 Å². The minimum atomic E-state index is -0.620. The first kappa shape index (κ1) is 21.8. The van der Waals surface area contributed by atoms with Crippen LogP contribution in [0.3, 0.4) is 0 Å². The number of carbonyl (C=O) groups is 1. The number of benzene rings is 3. The summed E-state index contributed by atoms with van der Waals surface area (Å²) in [6.07, 6.45) is 1.20. The van der Waals surface area contributed by atoms with Crippen LogP contribution in [-0.4, -0.2) is 27.3 Å². The normalized spacial score (nSPS) is 10.5. The van der Waals surface area contributed by atoms with Crippen molar-refractivity contribution in [2.45, 2.75) is 0 Å². The summed E-state index contributed by atoms with van der Waals surface area (Å²) < 4.78 is 32.3. The molecule has 1 heterocycles. The molecule has 168 valence electrons. The summed E-state index contributed by atoms with van der Waals surface area (Å²) in [5.74, 6) is 1.35. The van der Waals surface area contributed by atoms with Crippen LogP contribution in [0.5, 0.6) is 34.5 Å². The van der Waals surface area contributed by atoms with Crippen molar-refractivity contribution in [3.63, 3.8) is 0 Å². The monoisotopic (exact) mass is 448 g/mol. The van der Waals surface area contributed by atoms with E-state index in [1.807, 2.05) is 0 Å². The molecule has 0 atom stereocenters. The van der Waals surface area contributed by atoms with Crippen LogP contribution in [-0.2, 0) is 0 Å². The Balaban J connectivity index is 1.60. The third-order valence-corrected chi connectivity index (χ3v) is 4.80. The van der Waals surface area contributed by atoms with E-state index in [0.717, 1.165) is 0 Å². The van der Waals surface area contributed by atoms with Gasteiger partial charge in [-0.05, 0) is 36.4 Å². The van der Waals surface area contributed by atoms with Gasteiger partial charge in [-0.1, -0.05) is 12.1 Å². The molecule has 4 aromatic rings. The topological polar surface area (TPSA) is 93.4 Å². The van der Waals surface area contributed by atoms with E-state index in [0.29, 0.717) is 23.0 Å². The van der Waals surface area contributed by atoms with E-state index in [-0.39, 0.29) is 33.5 Å². The van der Waals surface area contributed by atoms with Crippen LogP contribution >= 0.6 is 0 Å². The molecule has 0 bridgehead atoms. The van der Waals surface area contributed by atoms with E-state index in [4.69, 9.17) is 28.1 Å². The lowest BCUT2D eigenvalue weighted by Crippen LogP contribution is -2.10. The molecule has 8 heteroatoms. The molecule has 3 aromatic carbocycles. The smallest absolute Gasteiger partial charge is 0.343 e. The summed E-state index contributed by atoms with van der Waals surface area (Å²) in [6, 6.07) is 16.1. The van der Waals surface area contributed by atoms with Crippen molar-refractivity contribution < 1.29 is 32.9 Å². The van der Waals surface area contributed by atoms with Gasteiger partial charge in [-0.3, -0.25) is 4.79 Å². The van der Waals surface area contributed by atoms with Gasteiger partial charge in [0, 0.05) is 12.1 Å². The van der Waals surface area contributed by atoms with Crippen LogP contribution < -0.4 is 29.1 Å². The van der Waals surface area contributed by atoms with Gasteiger partial charge in [0.1, 0.15) is 29.1 Å². The second kappa shape index (κ2) is 9.35. The Hall–Kier alpha value is -4.46. The van der Waals surface area contributed by atoms with Crippen LogP contribution in [0.2, 0.25) is 0 Å². The molecular weight excluding hydrogens is 428 g/mol. The van der Waals surface area contributed by atoms with Crippen molar-refractivity contribution in [3.8, 4) is 34.5 Å². The zero-order chi connectivity index (χ0) is 23.4. The molecule has 0 aliphatic heterocycles. The van der Waals surface area contributed by atoms with E-state index in [2.05, 4.69) is 0 Å². The highest BCUT2D eigenvalue weighted by molar-refractivity contribution is 5.92. The van der Waals surface area contributed by atoms with E-state index < -0.39 is 5.97 Å². The molecule has 0 amide bonds. The maximum atomic E-state index is 12.9. The maximum Gasteiger partial charge on any atom is 0.343 e. The molecule has 1 aromatic heterocycles. The number of para-hydroxylation sites is 2. The summed E-state index contributed by atoms with van der Waals surface area (Å²) in [7, 11) is 4.48. The fourth-order valence-corrected chi connectivity index (χ4v) is 3.14. The standard InChI is InChI=1S/C25H20O8/c1-28-17-10-15(11-18(12-17)29-2)25(27)32-16-8-9-19-22(13-16)31-14-23(24(19)26)33-21-7-5-4-6-20(21)30-3/h4-14H,1-3H3. The maximum absolute atomic E-state index is 12.9. The summed E-state index contributed by atoms with van der Waals surface area (Å²) in [4.78, 5) is 25.5. The van der Waals surface area contributed by atoms with Gasteiger partial charge in [-0.25, -0.2) is 4.79 Å². The molecule has 0 fully saturated rings. The molecule has 0 aliphatic carbocycles. The fourth-order valence-electron chi connectivity index (χ4n) is 3.14. The van der Waals surface area contributed by atoms with Crippen molar-refractivity contribution in [1.29, 1.82) is 0 Å². The average Bonchev–Trinajstić information content (AvgIpc) is 2.85. The third-order valence-electron chi connectivity index (χ3n) is 4.80. The summed E-state index contributed by atoms with van der Waals surface area (Å²) in [5, 5.41) is 0.269. The number of methoxy groups -OCH3 is 3. The summed E-state index contributed by atoms with van der Waals surface area (Å²) >= 11 is 0. The Labute approximate surface area is 188 Å².